The second kappa shape index (κ2) is 11.0. The number of carbonyl (C=O) groups is 3. The van der Waals surface area contributed by atoms with Crippen molar-refractivity contribution >= 4 is 29.4 Å². The summed E-state index contributed by atoms with van der Waals surface area (Å²) in [5, 5.41) is 15.2. The average Bonchev–Trinajstić information content (AvgIpc) is 2.78. The molecule has 1 fully saturated rings. The number of rotatable bonds is 8. The number of carboxylic acid groups (broad SMARTS) is 1. The topological polar surface area (TPSA) is 105 Å². The lowest BCUT2D eigenvalue weighted by atomic mass is 9.87. The number of hydrogen-bond acceptors (Lipinski definition) is 4. The van der Waals surface area contributed by atoms with Crippen LogP contribution in [0, 0.1) is 12.8 Å². The predicted molar refractivity (Wildman–Crippen MR) is 121 cm³/mol. The molecule has 1 saturated carbocycles. The van der Waals surface area contributed by atoms with Crippen LogP contribution in [-0.2, 0) is 4.79 Å². The number of aliphatic carboxylic acids is 1. The molecule has 0 aliphatic heterocycles. The average molecular weight is 459 g/mol. The van der Waals surface area contributed by atoms with Crippen LogP contribution in [0.1, 0.15) is 52.0 Å². The van der Waals surface area contributed by atoms with Crippen molar-refractivity contribution in [3.05, 3.63) is 64.2 Å². The smallest absolute Gasteiger partial charge is 0.306 e. The van der Waals surface area contributed by atoms with Crippen molar-refractivity contribution in [3.63, 3.8) is 0 Å². The zero-order chi connectivity index (χ0) is 23.1. The molecule has 7 nitrogen and oxygen atoms in total. The van der Waals surface area contributed by atoms with Gasteiger partial charge in [0.05, 0.1) is 12.0 Å². The van der Waals surface area contributed by atoms with E-state index in [2.05, 4.69) is 10.6 Å². The lowest BCUT2D eigenvalue weighted by Gasteiger charge is -2.27. The summed E-state index contributed by atoms with van der Waals surface area (Å²) in [6.07, 6.45) is 2.65. The van der Waals surface area contributed by atoms with E-state index in [-0.39, 0.29) is 23.8 Å². The van der Waals surface area contributed by atoms with Crippen molar-refractivity contribution < 1.29 is 24.2 Å². The number of carboxylic acids is 1. The van der Waals surface area contributed by atoms with Gasteiger partial charge in [-0.3, -0.25) is 14.4 Å². The van der Waals surface area contributed by atoms with Gasteiger partial charge in [0.1, 0.15) is 5.75 Å². The Labute approximate surface area is 192 Å². The summed E-state index contributed by atoms with van der Waals surface area (Å²) in [7, 11) is 0. The van der Waals surface area contributed by atoms with Gasteiger partial charge >= 0.3 is 5.97 Å². The van der Waals surface area contributed by atoms with Gasteiger partial charge in [0.2, 0.25) is 0 Å². The number of benzene rings is 2. The normalized spacial score (nSPS) is 17.9. The molecule has 0 atom stereocenters. The van der Waals surface area contributed by atoms with Crippen molar-refractivity contribution in [3.8, 4) is 5.75 Å². The quantitative estimate of drug-likeness (QED) is 0.521. The Morgan fingerprint density at radius 2 is 1.50 bits per heavy atom. The molecular formula is C24H27ClN2O5. The molecule has 170 valence electrons. The number of hydrogen-bond donors (Lipinski definition) is 3. The van der Waals surface area contributed by atoms with Gasteiger partial charge < -0.3 is 20.5 Å². The third kappa shape index (κ3) is 6.47. The van der Waals surface area contributed by atoms with E-state index >= 15 is 0 Å². The number of amides is 2. The molecule has 0 unspecified atom stereocenters. The lowest BCUT2D eigenvalue weighted by molar-refractivity contribution is -0.143. The second-order valence-corrected chi connectivity index (χ2v) is 8.37. The molecule has 3 N–H and O–H groups in total. The van der Waals surface area contributed by atoms with Crippen molar-refractivity contribution in [1.29, 1.82) is 0 Å². The van der Waals surface area contributed by atoms with Crippen LogP contribution in [0.15, 0.2) is 42.5 Å². The number of carbonyl (C=O) groups excluding carboxylic acids is 2. The van der Waals surface area contributed by atoms with Crippen LogP contribution in [0.4, 0.5) is 0 Å². The highest BCUT2D eigenvalue weighted by Crippen LogP contribution is 2.29. The van der Waals surface area contributed by atoms with Gasteiger partial charge in [-0.05, 0) is 80.6 Å². The summed E-state index contributed by atoms with van der Waals surface area (Å²) in [5.41, 5.74) is 1.85. The minimum atomic E-state index is -0.737. The first-order chi connectivity index (χ1) is 15.3. The Morgan fingerprint density at radius 3 is 2.06 bits per heavy atom. The van der Waals surface area contributed by atoms with Crippen LogP contribution in [0.2, 0.25) is 5.02 Å². The minimum Gasteiger partial charge on any atom is -0.490 e. The van der Waals surface area contributed by atoms with Crippen molar-refractivity contribution in [1.82, 2.24) is 10.6 Å². The monoisotopic (exact) mass is 458 g/mol. The van der Waals surface area contributed by atoms with Gasteiger partial charge in [0.15, 0.2) is 0 Å². The molecule has 2 aromatic rings. The molecule has 0 radical (unpaired) electrons. The van der Waals surface area contributed by atoms with E-state index in [1.165, 1.54) is 0 Å². The summed E-state index contributed by atoms with van der Waals surface area (Å²) in [6.45, 7) is 2.47. The molecule has 2 aromatic carbocycles. The van der Waals surface area contributed by atoms with Gasteiger partial charge in [-0.25, -0.2) is 0 Å². The van der Waals surface area contributed by atoms with Crippen LogP contribution in [0.5, 0.6) is 5.75 Å². The van der Waals surface area contributed by atoms with E-state index in [1.807, 2.05) is 6.92 Å². The fourth-order valence-electron chi connectivity index (χ4n) is 3.69. The maximum absolute atomic E-state index is 12.4. The van der Waals surface area contributed by atoms with Crippen LogP contribution in [-0.4, -0.2) is 42.1 Å². The second-order valence-electron chi connectivity index (χ2n) is 7.93. The van der Waals surface area contributed by atoms with Crippen LogP contribution in [0.3, 0.4) is 0 Å². The molecule has 2 amide bonds. The molecule has 3 rings (SSSR count). The molecule has 1 aliphatic rings. The predicted octanol–water partition coefficient (Wildman–Crippen LogP) is 3.83. The Kier molecular flexibility index (Phi) is 8.11. The first-order valence-electron chi connectivity index (χ1n) is 10.7. The van der Waals surface area contributed by atoms with E-state index in [0.717, 1.165) is 5.56 Å². The Bertz CT molecular complexity index is 969. The Hall–Kier alpha value is -3.06. The maximum atomic E-state index is 12.4. The van der Waals surface area contributed by atoms with Crippen LogP contribution < -0.4 is 15.4 Å². The number of aryl methyl sites for hydroxylation is 1. The first-order valence-corrected chi connectivity index (χ1v) is 11.0. The summed E-state index contributed by atoms with van der Waals surface area (Å²) in [4.78, 5) is 35.5. The maximum Gasteiger partial charge on any atom is 0.306 e. The third-order valence-corrected chi connectivity index (χ3v) is 5.81. The van der Waals surface area contributed by atoms with E-state index in [0.29, 0.717) is 60.7 Å². The summed E-state index contributed by atoms with van der Waals surface area (Å²) in [6, 6.07) is 11.8. The Morgan fingerprint density at radius 1 is 0.938 bits per heavy atom. The van der Waals surface area contributed by atoms with Gasteiger partial charge in [-0.1, -0.05) is 11.6 Å². The molecule has 1 aliphatic carbocycles. The molecule has 32 heavy (non-hydrogen) atoms. The highest BCUT2D eigenvalue weighted by atomic mass is 35.5. The van der Waals surface area contributed by atoms with Crippen molar-refractivity contribution in [2.75, 3.05) is 13.1 Å². The molecular weight excluding hydrogens is 432 g/mol. The molecule has 8 heteroatoms. The molecule has 0 saturated heterocycles. The zero-order valence-corrected chi connectivity index (χ0v) is 18.7. The van der Waals surface area contributed by atoms with E-state index < -0.39 is 5.97 Å². The van der Waals surface area contributed by atoms with Gasteiger partial charge in [-0.2, -0.15) is 0 Å². The van der Waals surface area contributed by atoms with Gasteiger partial charge in [0.25, 0.3) is 11.8 Å². The standard InChI is InChI=1S/C24H27ClN2O5/c1-15-14-18(6-11-21(15)32-20-9-4-17(5-10-20)24(30)31)23(29)27-13-12-26-22(28)16-2-7-19(25)8-3-16/h2-3,6-8,11,14,17,20H,4-5,9-10,12-13H2,1H3,(H,26,28)(H,27,29)(H,30,31)/t17-,20+. The third-order valence-electron chi connectivity index (χ3n) is 5.56. The van der Waals surface area contributed by atoms with E-state index in [9.17, 15) is 14.4 Å². The van der Waals surface area contributed by atoms with Gasteiger partial charge in [-0.15, -0.1) is 0 Å². The summed E-state index contributed by atoms with van der Waals surface area (Å²) >= 11 is 5.81. The minimum absolute atomic E-state index is 0.00627. The Balaban J connectivity index is 1.44. The van der Waals surface area contributed by atoms with E-state index in [1.54, 1.807) is 42.5 Å². The number of halogens is 1. The molecule has 0 bridgehead atoms. The van der Waals surface area contributed by atoms with Crippen LogP contribution >= 0.6 is 11.6 Å². The highest BCUT2D eigenvalue weighted by Gasteiger charge is 2.27. The first kappa shape index (κ1) is 23.6. The fraction of sp³-hybridized carbons (Fsp3) is 0.375. The summed E-state index contributed by atoms with van der Waals surface area (Å²) in [5.74, 6) is -0.777. The van der Waals surface area contributed by atoms with Crippen LogP contribution in [0.25, 0.3) is 0 Å². The highest BCUT2D eigenvalue weighted by molar-refractivity contribution is 6.30. The fourth-order valence-corrected chi connectivity index (χ4v) is 3.81. The zero-order valence-electron chi connectivity index (χ0n) is 17.9. The SMILES string of the molecule is Cc1cc(C(=O)NCCNC(=O)c2ccc(Cl)cc2)ccc1O[C@H]1CC[C@@H](C(=O)O)CC1. The number of nitrogens with one attached hydrogen (secondary N) is 2. The largest absolute Gasteiger partial charge is 0.490 e. The number of ether oxygens (including phenoxy) is 1. The van der Waals surface area contributed by atoms with Gasteiger partial charge in [0, 0.05) is 29.2 Å². The molecule has 0 aromatic heterocycles. The molecule has 0 heterocycles. The summed E-state index contributed by atoms with van der Waals surface area (Å²) < 4.78 is 6.04. The lowest BCUT2D eigenvalue weighted by Crippen LogP contribution is -2.34. The van der Waals surface area contributed by atoms with Crippen molar-refractivity contribution in [2.24, 2.45) is 5.92 Å². The molecule has 0 spiro atoms. The van der Waals surface area contributed by atoms with Crippen molar-refractivity contribution in [2.45, 2.75) is 38.7 Å². The van der Waals surface area contributed by atoms with E-state index in [4.69, 9.17) is 21.4 Å².